The first-order valence-electron chi connectivity index (χ1n) is 11.7. The summed E-state index contributed by atoms with van der Waals surface area (Å²) in [6.07, 6.45) is 2.78. The standard InChI is InChI=1S/C26H38N4O2/c1-4-27-25(28-17-14-23-12-8-9-13-24(23)31-3)29-20-26(15-18-32-19-16-26)30-21(2)22-10-6-5-7-11-22/h5-13,21,30H,4,14-20H2,1-3H3,(H2,27,28,29). The predicted octanol–water partition coefficient (Wildman–Crippen LogP) is 3.69. The summed E-state index contributed by atoms with van der Waals surface area (Å²) in [6.45, 7) is 8.17. The van der Waals surface area contributed by atoms with Crippen LogP contribution >= 0.6 is 0 Å². The zero-order valence-electron chi connectivity index (χ0n) is 19.7. The number of guanidine groups is 1. The molecule has 2 aromatic carbocycles. The summed E-state index contributed by atoms with van der Waals surface area (Å²) in [5.41, 5.74) is 2.42. The molecule has 1 aliphatic heterocycles. The van der Waals surface area contributed by atoms with Gasteiger partial charge in [-0.1, -0.05) is 48.5 Å². The predicted molar refractivity (Wildman–Crippen MR) is 131 cm³/mol. The van der Waals surface area contributed by atoms with Gasteiger partial charge in [0.15, 0.2) is 5.96 Å². The lowest BCUT2D eigenvalue weighted by Crippen LogP contribution is -2.53. The van der Waals surface area contributed by atoms with Gasteiger partial charge < -0.3 is 25.4 Å². The third-order valence-corrected chi connectivity index (χ3v) is 6.04. The Morgan fingerprint density at radius 3 is 2.50 bits per heavy atom. The van der Waals surface area contributed by atoms with Crippen LogP contribution in [0.4, 0.5) is 0 Å². The minimum Gasteiger partial charge on any atom is -0.496 e. The summed E-state index contributed by atoms with van der Waals surface area (Å²) in [4.78, 5) is 4.97. The number of nitrogens with zero attached hydrogens (tertiary/aromatic N) is 1. The van der Waals surface area contributed by atoms with Crippen LogP contribution in [0.15, 0.2) is 59.6 Å². The zero-order chi connectivity index (χ0) is 22.7. The molecule has 6 heteroatoms. The number of methoxy groups -OCH3 is 1. The average Bonchev–Trinajstić information content (AvgIpc) is 2.84. The molecule has 6 nitrogen and oxygen atoms in total. The highest BCUT2D eigenvalue weighted by Crippen LogP contribution is 2.26. The quantitative estimate of drug-likeness (QED) is 0.390. The number of para-hydroxylation sites is 1. The van der Waals surface area contributed by atoms with Crippen LogP contribution in [-0.2, 0) is 11.2 Å². The van der Waals surface area contributed by atoms with Crippen LogP contribution in [-0.4, -0.2) is 51.5 Å². The Kier molecular flexibility index (Phi) is 9.38. The zero-order valence-corrected chi connectivity index (χ0v) is 19.7. The number of aliphatic imine (C=N–C) groups is 1. The van der Waals surface area contributed by atoms with E-state index in [-0.39, 0.29) is 11.6 Å². The van der Waals surface area contributed by atoms with Crippen molar-refractivity contribution in [1.82, 2.24) is 16.0 Å². The first-order valence-corrected chi connectivity index (χ1v) is 11.7. The summed E-state index contributed by atoms with van der Waals surface area (Å²) >= 11 is 0. The number of benzene rings is 2. The van der Waals surface area contributed by atoms with E-state index in [0.717, 1.165) is 57.3 Å². The van der Waals surface area contributed by atoms with Crippen molar-refractivity contribution in [2.24, 2.45) is 4.99 Å². The smallest absolute Gasteiger partial charge is 0.191 e. The Hall–Kier alpha value is -2.57. The van der Waals surface area contributed by atoms with E-state index in [2.05, 4.69) is 66.2 Å². The van der Waals surface area contributed by atoms with Crippen molar-refractivity contribution in [2.45, 2.75) is 44.7 Å². The highest BCUT2D eigenvalue weighted by atomic mass is 16.5. The minimum atomic E-state index is -0.0709. The van der Waals surface area contributed by atoms with Gasteiger partial charge in [-0.25, -0.2) is 0 Å². The molecule has 1 fully saturated rings. The Morgan fingerprint density at radius 2 is 1.78 bits per heavy atom. The molecule has 0 amide bonds. The topological polar surface area (TPSA) is 66.9 Å². The summed E-state index contributed by atoms with van der Waals surface area (Å²) in [6, 6.07) is 19.0. The van der Waals surface area contributed by atoms with Gasteiger partial charge in [0.05, 0.1) is 13.7 Å². The molecule has 0 radical (unpaired) electrons. The van der Waals surface area contributed by atoms with E-state index in [1.807, 2.05) is 18.2 Å². The maximum absolute atomic E-state index is 5.67. The van der Waals surface area contributed by atoms with Crippen molar-refractivity contribution >= 4 is 5.96 Å². The Morgan fingerprint density at radius 1 is 1.06 bits per heavy atom. The van der Waals surface area contributed by atoms with E-state index in [1.54, 1.807) is 7.11 Å². The highest BCUT2D eigenvalue weighted by Gasteiger charge is 2.34. The van der Waals surface area contributed by atoms with Crippen LogP contribution in [0.3, 0.4) is 0 Å². The Balaban J connectivity index is 1.64. The lowest BCUT2D eigenvalue weighted by molar-refractivity contribution is 0.0374. The van der Waals surface area contributed by atoms with E-state index in [4.69, 9.17) is 14.5 Å². The molecule has 3 N–H and O–H groups in total. The normalized spacial score (nSPS) is 16.9. The van der Waals surface area contributed by atoms with Gasteiger partial charge in [0.2, 0.25) is 0 Å². The lowest BCUT2D eigenvalue weighted by Gasteiger charge is -2.39. The van der Waals surface area contributed by atoms with Gasteiger partial charge >= 0.3 is 0 Å². The molecule has 1 atom stereocenters. The molecule has 1 aliphatic rings. The third-order valence-electron chi connectivity index (χ3n) is 6.04. The summed E-state index contributed by atoms with van der Waals surface area (Å²) < 4.78 is 11.1. The van der Waals surface area contributed by atoms with E-state index in [9.17, 15) is 0 Å². The summed E-state index contributed by atoms with van der Waals surface area (Å²) in [5, 5.41) is 10.8. The highest BCUT2D eigenvalue weighted by molar-refractivity contribution is 5.79. The van der Waals surface area contributed by atoms with Gasteiger partial charge in [-0.3, -0.25) is 4.99 Å². The number of ether oxygens (including phenoxy) is 2. The van der Waals surface area contributed by atoms with Gasteiger partial charge in [0, 0.05) is 37.9 Å². The fourth-order valence-electron chi connectivity index (χ4n) is 4.19. The van der Waals surface area contributed by atoms with Gasteiger partial charge in [0.25, 0.3) is 0 Å². The molecular weight excluding hydrogens is 400 g/mol. The number of hydrogen-bond acceptors (Lipinski definition) is 4. The van der Waals surface area contributed by atoms with E-state index < -0.39 is 0 Å². The van der Waals surface area contributed by atoms with E-state index in [1.165, 1.54) is 11.1 Å². The molecule has 1 unspecified atom stereocenters. The molecule has 0 saturated carbocycles. The molecule has 1 heterocycles. The van der Waals surface area contributed by atoms with E-state index in [0.29, 0.717) is 6.54 Å². The first-order chi connectivity index (χ1) is 15.7. The van der Waals surface area contributed by atoms with Gasteiger partial charge in [-0.15, -0.1) is 0 Å². The molecule has 2 aromatic rings. The molecular formula is C26H38N4O2. The van der Waals surface area contributed by atoms with Crippen LogP contribution in [0.25, 0.3) is 0 Å². The second-order valence-electron chi connectivity index (χ2n) is 8.35. The number of hydrogen-bond donors (Lipinski definition) is 3. The molecule has 1 saturated heterocycles. The second kappa shape index (κ2) is 12.5. The summed E-state index contributed by atoms with van der Waals surface area (Å²) in [5.74, 6) is 1.78. The molecule has 0 aromatic heterocycles. The molecule has 0 aliphatic carbocycles. The van der Waals surface area contributed by atoms with Crippen molar-refractivity contribution in [3.05, 3.63) is 65.7 Å². The largest absolute Gasteiger partial charge is 0.496 e. The Labute approximate surface area is 192 Å². The molecule has 174 valence electrons. The van der Waals surface area contributed by atoms with Crippen molar-refractivity contribution in [1.29, 1.82) is 0 Å². The van der Waals surface area contributed by atoms with E-state index >= 15 is 0 Å². The molecule has 0 spiro atoms. The average molecular weight is 439 g/mol. The second-order valence-corrected chi connectivity index (χ2v) is 8.35. The van der Waals surface area contributed by atoms with Crippen LogP contribution in [0, 0.1) is 0 Å². The SMILES string of the molecule is CCNC(=NCC1(NC(C)c2ccccc2)CCOCC1)NCCc1ccccc1OC. The molecule has 32 heavy (non-hydrogen) atoms. The van der Waals surface area contributed by atoms with Crippen LogP contribution in [0.1, 0.15) is 43.9 Å². The fraction of sp³-hybridized carbons (Fsp3) is 0.500. The minimum absolute atomic E-state index is 0.0709. The first kappa shape index (κ1) is 24.1. The van der Waals surface area contributed by atoms with Crippen molar-refractivity contribution < 1.29 is 9.47 Å². The monoisotopic (exact) mass is 438 g/mol. The van der Waals surface area contributed by atoms with Gasteiger partial charge in [-0.2, -0.15) is 0 Å². The third kappa shape index (κ3) is 6.97. The van der Waals surface area contributed by atoms with Crippen molar-refractivity contribution in [2.75, 3.05) is 40.0 Å². The Bertz CT molecular complexity index is 835. The fourth-order valence-corrected chi connectivity index (χ4v) is 4.19. The maximum Gasteiger partial charge on any atom is 0.191 e. The van der Waals surface area contributed by atoms with Crippen LogP contribution in [0.5, 0.6) is 5.75 Å². The number of rotatable bonds is 10. The van der Waals surface area contributed by atoms with Crippen molar-refractivity contribution in [3.63, 3.8) is 0 Å². The molecule has 3 rings (SSSR count). The van der Waals surface area contributed by atoms with Crippen LogP contribution in [0.2, 0.25) is 0 Å². The summed E-state index contributed by atoms with van der Waals surface area (Å²) in [7, 11) is 1.72. The number of nitrogens with one attached hydrogen (secondary N) is 3. The lowest BCUT2D eigenvalue weighted by atomic mass is 9.88. The van der Waals surface area contributed by atoms with Gasteiger partial charge in [-0.05, 0) is 50.3 Å². The van der Waals surface area contributed by atoms with Crippen LogP contribution < -0.4 is 20.7 Å². The van der Waals surface area contributed by atoms with Crippen molar-refractivity contribution in [3.8, 4) is 5.75 Å². The van der Waals surface area contributed by atoms with Gasteiger partial charge in [0.1, 0.15) is 5.75 Å². The maximum atomic E-state index is 5.67. The molecule has 0 bridgehead atoms.